The zero-order valence-corrected chi connectivity index (χ0v) is 19.8. The van der Waals surface area contributed by atoms with Crippen molar-refractivity contribution in [1.82, 2.24) is 0 Å². The third-order valence-corrected chi connectivity index (χ3v) is 6.98. The highest BCUT2D eigenvalue weighted by Crippen LogP contribution is 2.25. The maximum absolute atomic E-state index is 6.31. The largest absolute Gasteiger partial charge is 0.488 e. The number of hydrogen-bond acceptors (Lipinski definition) is 2. The van der Waals surface area contributed by atoms with Gasteiger partial charge >= 0.3 is 0 Å². The van der Waals surface area contributed by atoms with Crippen molar-refractivity contribution in [3.8, 4) is 5.75 Å². The molecule has 1 aliphatic carbocycles. The van der Waals surface area contributed by atoms with Gasteiger partial charge in [0.1, 0.15) is 12.4 Å². The molecule has 0 saturated heterocycles. The molecule has 0 aromatic heterocycles. The zero-order chi connectivity index (χ0) is 22.2. The lowest BCUT2D eigenvalue weighted by Gasteiger charge is -2.17. The molecule has 32 heavy (non-hydrogen) atoms. The smallest absolute Gasteiger partial charge is 0.127 e. The molecule has 3 heteroatoms. The molecule has 3 aromatic carbocycles. The Bertz CT molecular complexity index is 1130. The van der Waals surface area contributed by atoms with E-state index in [1.165, 1.54) is 32.9 Å². The molecule has 3 aromatic rings. The van der Waals surface area contributed by atoms with Crippen molar-refractivity contribution in [2.75, 3.05) is 7.05 Å². The zero-order valence-electron chi connectivity index (χ0n) is 18.8. The SMILES string of the molecule is C/N=C/c1cc(C)ccc1Pc1cc(CC2C=CC=CC2)ccc1OCc1ccccc1. The first-order valence-corrected chi connectivity index (χ1v) is 12.1. The van der Waals surface area contributed by atoms with Gasteiger partial charge in [-0.05, 0) is 60.3 Å². The summed E-state index contributed by atoms with van der Waals surface area (Å²) in [5, 5.41) is 2.55. The first-order valence-electron chi connectivity index (χ1n) is 11.1. The number of ether oxygens (including phenoxy) is 1. The van der Waals surface area contributed by atoms with E-state index in [1.54, 1.807) is 0 Å². The summed E-state index contributed by atoms with van der Waals surface area (Å²) < 4.78 is 6.31. The number of aryl methyl sites for hydroxylation is 1. The van der Waals surface area contributed by atoms with Crippen LogP contribution < -0.4 is 15.3 Å². The Morgan fingerprint density at radius 2 is 1.84 bits per heavy atom. The van der Waals surface area contributed by atoms with Gasteiger partial charge in [-0.25, -0.2) is 0 Å². The van der Waals surface area contributed by atoms with Crippen LogP contribution in [0.2, 0.25) is 0 Å². The third kappa shape index (κ3) is 6.05. The van der Waals surface area contributed by atoms with Crippen molar-refractivity contribution < 1.29 is 4.74 Å². The molecular formula is C29H30NOP. The minimum Gasteiger partial charge on any atom is -0.488 e. The molecule has 0 bridgehead atoms. The Hall–Kier alpha value is -2.96. The summed E-state index contributed by atoms with van der Waals surface area (Å²) in [5.74, 6) is 1.53. The van der Waals surface area contributed by atoms with E-state index in [2.05, 4.69) is 96.9 Å². The van der Waals surface area contributed by atoms with Gasteiger partial charge in [-0.2, -0.15) is 0 Å². The highest BCUT2D eigenvalue weighted by Gasteiger charge is 2.13. The monoisotopic (exact) mass is 439 g/mol. The van der Waals surface area contributed by atoms with Gasteiger partial charge in [0.05, 0.1) is 0 Å². The van der Waals surface area contributed by atoms with Crippen LogP contribution in [-0.2, 0) is 13.0 Å². The van der Waals surface area contributed by atoms with Crippen molar-refractivity contribution in [3.05, 3.63) is 113 Å². The maximum Gasteiger partial charge on any atom is 0.127 e. The van der Waals surface area contributed by atoms with Gasteiger partial charge < -0.3 is 4.74 Å². The molecule has 2 unspecified atom stereocenters. The molecule has 0 amide bonds. The van der Waals surface area contributed by atoms with Crippen LogP contribution >= 0.6 is 8.58 Å². The van der Waals surface area contributed by atoms with Crippen molar-refractivity contribution in [3.63, 3.8) is 0 Å². The van der Waals surface area contributed by atoms with Crippen LogP contribution in [0, 0.1) is 12.8 Å². The van der Waals surface area contributed by atoms with Crippen molar-refractivity contribution in [2.24, 2.45) is 10.9 Å². The first-order chi connectivity index (χ1) is 15.7. The number of rotatable bonds is 8. The molecule has 4 rings (SSSR count). The van der Waals surface area contributed by atoms with Crippen LogP contribution in [-0.4, -0.2) is 13.3 Å². The molecule has 0 radical (unpaired) electrons. The van der Waals surface area contributed by atoms with Gasteiger partial charge in [-0.3, -0.25) is 4.99 Å². The first kappa shape index (κ1) is 22.2. The summed E-state index contributed by atoms with van der Waals surface area (Å²) in [7, 11) is 2.34. The molecule has 2 atom stereocenters. The lowest BCUT2D eigenvalue weighted by molar-refractivity contribution is 0.309. The molecule has 162 valence electrons. The van der Waals surface area contributed by atoms with Crippen LogP contribution in [0.15, 0.2) is 96.0 Å². The second-order valence-corrected chi connectivity index (χ2v) is 9.55. The summed E-state index contributed by atoms with van der Waals surface area (Å²) >= 11 is 0. The average Bonchev–Trinajstić information content (AvgIpc) is 2.82. The fraction of sp³-hybridized carbons (Fsp3) is 0.207. The van der Waals surface area contributed by atoms with E-state index in [1.807, 2.05) is 19.3 Å². The van der Waals surface area contributed by atoms with E-state index in [-0.39, 0.29) is 0 Å². The summed E-state index contributed by atoms with van der Waals surface area (Å²) in [6.45, 7) is 2.70. The summed E-state index contributed by atoms with van der Waals surface area (Å²) in [5.41, 5.74) is 4.98. The van der Waals surface area contributed by atoms with Gasteiger partial charge in [-0.15, -0.1) is 0 Å². The topological polar surface area (TPSA) is 21.6 Å². The standard InChI is InChI=1S/C29H30NOP/c1-22-13-16-28(26(17-22)20-30-2)32-29-19-25(18-23-9-5-3-6-10-23)14-15-27(29)31-21-24-11-7-4-8-12-24/h3-9,11-17,19-20,23,32H,10,18,21H2,1-2H3/b30-20+. The highest BCUT2D eigenvalue weighted by atomic mass is 31.1. The number of benzene rings is 3. The summed E-state index contributed by atoms with van der Waals surface area (Å²) in [6.07, 6.45) is 13.0. The van der Waals surface area contributed by atoms with Crippen molar-refractivity contribution in [1.29, 1.82) is 0 Å². The quantitative estimate of drug-likeness (QED) is 0.315. The van der Waals surface area contributed by atoms with Gasteiger partial charge in [0, 0.05) is 24.1 Å². The molecule has 0 spiro atoms. The number of aliphatic imine (C=N–C) groups is 1. The number of hydrogen-bond donors (Lipinski definition) is 0. The predicted molar refractivity (Wildman–Crippen MR) is 140 cm³/mol. The Morgan fingerprint density at radius 1 is 0.969 bits per heavy atom. The van der Waals surface area contributed by atoms with E-state index in [0.717, 1.165) is 18.6 Å². The third-order valence-electron chi connectivity index (χ3n) is 5.59. The number of nitrogens with zero attached hydrogens (tertiary/aromatic N) is 1. The second-order valence-electron chi connectivity index (χ2n) is 8.22. The minimum atomic E-state index is 0.508. The van der Waals surface area contributed by atoms with Crippen LogP contribution in [0.3, 0.4) is 0 Å². The molecule has 0 aliphatic heterocycles. The van der Waals surface area contributed by atoms with E-state index in [4.69, 9.17) is 4.74 Å². The second kappa shape index (κ2) is 11.1. The van der Waals surface area contributed by atoms with Crippen LogP contribution in [0.4, 0.5) is 0 Å². The maximum atomic E-state index is 6.31. The summed E-state index contributed by atoms with van der Waals surface area (Å²) in [4.78, 5) is 4.28. The molecule has 1 aliphatic rings. The van der Waals surface area contributed by atoms with Crippen molar-refractivity contribution in [2.45, 2.75) is 26.4 Å². The lowest BCUT2D eigenvalue weighted by Crippen LogP contribution is -2.14. The Balaban J connectivity index is 1.62. The Labute approximate surface area is 193 Å². The van der Waals surface area contributed by atoms with Gasteiger partial charge in [0.2, 0.25) is 0 Å². The van der Waals surface area contributed by atoms with Gasteiger partial charge in [-0.1, -0.05) is 87.0 Å². The van der Waals surface area contributed by atoms with Crippen molar-refractivity contribution >= 4 is 25.4 Å². The minimum absolute atomic E-state index is 0.508. The molecule has 2 nitrogen and oxygen atoms in total. The molecule has 0 N–H and O–H groups in total. The summed E-state index contributed by atoms with van der Waals surface area (Å²) in [6, 6.07) is 23.7. The lowest BCUT2D eigenvalue weighted by atomic mass is 9.93. The fourth-order valence-corrected chi connectivity index (χ4v) is 5.21. The Morgan fingerprint density at radius 3 is 2.62 bits per heavy atom. The molecule has 0 saturated carbocycles. The fourth-order valence-electron chi connectivity index (χ4n) is 3.94. The van der Waals surface area contributed by atoms with E-state index >= 15 is 0 Å². The van der Waals surface area contributed by atoms with E-state index in [0.29, 0.717) is 21.1 Å². The van der Waals surface area contributed by atoms with E-state index in [9.17, 15) is 0 Å². The Kier molecular flexibility index (Phi) is 7.69. The van der Waals surface area contributed by atoms with Crippen LogP contribution in [0.5, 0.6) is 5.75 Å². The molecule has 0 heterocycles. The normalized spacial score (nSPS) is 15.8. The van der Waals surface area contributed by atoms with Crippen LogP contribution in [0.1, 0.15) is 28.7 Å². The average molecular weight is 440 g/mol. The molecule has 0 fully saturated rings. The highest BCUT2D eigenvalue weighted by molar-refractivity contribution is 7.56. The van der Waals surface area contributed by atoms with E-state index < -0.39 is 0 Å². The van der Waals surface area contributed by atoms with Gasteiger partial charge in [0.25, 0.3) is 0 Å². The van der Waals surface area contributed by atoms with Gasteiger partial charge in [0.15, 0.2) is 0 Å². The predicted octanol–water partition coefficient (Wildman–Crippen LogP) is 5.93. The number of allylic oxidation sites excluding steroid dienone is 4. The molecular weight excluding hydrogens is 409 g/mol. The van der Waals surface area contributed by atoms with Crippen LogP contribution in [0.25, 0.3) is 0 Å².